The topological polar surface area (TPSA) is 56.6 Å². The summed E-state index contributed by atoms with van der Waals surface area (Å²) in [6.07, 6.45) is 3.53. The largest absolute Gasteiger partial charge is 0.495 e. The van der Waals surface area contributed by atoms with Crippen molar-refractivity contribution >= 4 is 5.91 Å². The van der Waals surface area contributed by atoms with Gasteiger partial charge >= 0.3 is 0 Å². The van der Waals surface area contributed by atoms with Gasteiger partial charge in [0.05, 0.1) is 32.6 Å². The fourth-order valence-electron chi connectivity index (χ4n) is 2.69. The Bertz CT molecular complexity index is 651. The molecule has 0 radical (unpaired) electrons. The number of amides is 1. The molecule has 1 saturated heterocycles. The van der Waals surface area contributed by atoms with E-state index in [2.05, 4.69) is 4.98 Å². The van der Waals surface area contributed by atoms with E-state index >= 15 is 0 Å². The molecule has 1 atom stereocenters. The fraction of sp³-hybridized carbons (Fsp3) is 0.375. The first kappa shape index (κ1) is 14.6. The molecule has 22 heavy (non-hydrogen) atoms. The minimum Gasteiger partial charge on any atom is -0.495 e. The zero-order chi connectivity index (χ0) is 15.5. The molecule has 3 rings (SSSR count). The second-order valence-electron chi connectivity index (χ2n) is 5.22. The van der Waals surface area contributed by atoms with Crippen LogP contribution in [0.3, 0.4) is 0 Å². The molecule has 0 saturated carbocycles. The standard InChI is InChI=1S/C16H19N3O3/c1-18-7-3-4-14(18)15-11-22-9-8-19(15)16(20)13-6-5-12(21-2)10-17-13/h3-7,10,15H,8-9,11H2,1-2H3. The van der Waals surface area contributed by atoms with E-state index in [1.807, 2.05) is 34.8 Å². The van der Waals surface area contributed by atoms with Crippen molar-refractivity contribution in [1.29, 1.82) is 0 Å². The van der Waals surface area contributed by atoms with Crippen molar-refractivity contribution in [2.45, 2.75) is 6.04 Å². The molecule has 1 unspecified atom stereocenters. The Kier molecular flexibility index (Phi) is 4.11. The monoisotopic (exact) mass is 301 g/mol. The number of hydrogen-bond donors (Lipinski definition) is 0. The number of carbonyl (C=O) groups is 1. The first-order valence-electron chi connectivity index (χ1n) is 7.20. The molecule has 116 valence electrons. The zero-order valence-corrected chi connectivity index (χ0v) is 12.7. The van der Waals surface area contributed by atoms with E-state index in [9.17, 15) is 4.79 Å². The quantitative estimate of drug-likeness (QED) is 0.865. The van der Waals surface area contributed by atoms with Gasteiger partial charge in [-0.3, -0.25) is 4.79 Å². The highest BCUT2D eigenvalue weighted by atomic mass is 16.5. The number of nitrogens with zero attached hydrogens (tertiary/aromatic N) is 3. The van der Waals surface area contributed by atoms with E-state index < -0.39 is 0 Å². The van der Waals surface area contributed by atoms with Gasteiger partial charge < -0.3 is 18.9 Å². The summed E-state index contributed by atoms with van der Waals surface area (Å²) in [5.74, 6) is 0.551. The van der Waals surface area contributed by atoms with Crippen LogP contribution < -0.4 is 4.74 Å². The second kappa shape index (κ2) is 6.19. The Morgan fingerprint density at radius 2 is 2.27 bits per heavy atom. The van der Waals surface area contributed by atoms with Crippen molar-refractivity contribution in [1.82, 2.24) is 14.5 Å². The number of pyridine rings is 1. The second-order valence-corrected chi connectivity index (χ2v) is 5.22. The highest BCUT2D eigenvalue weighted by Gasteiger charge is 2.31. The van der Waals surface area contributed by atoms with Gasteiger partial charge in [0.15, 0.2) is 0 Å². The maximum atomic E-state index is 12.8. The minimum atomic E-state index is -0.0925. The summed E-state index contributed by atoms with van der Waals surface area (Å²) < 4.78 is 12.7. The van der Waals surface area contributed by atoms with Gasteiger partial charge in [-0.25, -0.2) is 4.98 Å². The predicted molar refractivity (Wildman–Crippen MR) is 80.8 cm³/mol. The van der Waals surface area contributed by atoms with Crippen LogP contribution in [0.4, 0.5) is 0 Å². The van der Waals surface area contributed by atoms with Crippen molar-refractivity contribution in [3.05, 3.63) is 48.0 Å². The van der Waals surface area contributed by atoms with Gasteiger partial charge in [-0.15, -0.1) is 0 Å². The van der Waals surface area contributed by atoms with Gasteiger partial charge in [-0.1, -0.05) is 0 Å². The van der Waals surface area contributed by atoms with Crippen LogP contribution in [0.2, 0.25) is 0 Å². The normalized spacial score (nSPS) is 18.3. The number of carbonyl (C=O) groups excluding carboxylic acids is 1. The summed E-state index contributed by atoms with van der Waals surface area (Å²) in [7, 11) is 3.55. The van der Waals surface area contributed by atoms with Crippen LogP contribution in [0.25, 0.3) is 0 Å². The summed E-state index contributed by atoms with van der Waals surface area (Å²) in [5, 5.41) is 0. The van der Waals surface area contributed by atoms with E-state index in [1.165, 1.54) is 0 Å². The molecule has 0 bridgehead atoms. The first-order valence-corrected chi connectivity index (χ1v) is 7.20. The molecule has 2 aromatic rings. The van der Waals surface area contributed by atoms with Gasteiger partial charge in [-0.2, -0.15) is 0 Å². The molecule has 1 amide bonds. The number of aromatic nitrogens is 2. The maximum absolute atomic E-state index is 12.8. The molecule has 1 aliphatic rings. The summed E-state index contributed by atoms with van der Waals surface area (Å²) in [4.78, 5) is 18.8. The number of rotatable bonds is 3. The summed E-state index contributed by atoms with van der Waals surface area (Å²) >= 11 is 0. The number of hydrogen-bond acceptors (Lipinski definition) is 4. The molecule has 1 aliphatic heterocycles. The van der Waals surface area contributed by atoms with Gasteiger partial charge in [0.2, 0.25) is 0 Å². The van der Waals surface area contributed by atoms with Crippen LogP contribution in [0.5, 0.6) is 5.75 Å². The Labute approximate surface area is 129 Å². The molecule has 6 heteroatoms. The van der Waals surface area contributed by atoms with E-state index in [1.54, 1.807) is 25.4 Å². The third kappa shape index (κ3) is 2.69. The van der Waals surface area contributed by atoms with Crippen molar-refractivity contribution in [3.63, 3.8) is 0 Å². The van der Waals surface area contributed by atoms with Gasteiger partial charge in [0, 0.05) is 25.5 Å². The lowest BCUT2D eigenvalue weighted by atomic mass is 10.1. The molecule has 0 N–H and O–H groups in total. The van der Waals surface area contributed by atoms with Gasteiger partial charge in [0.1, 0.15) is 11.4 Å². The lowest BCUT2D eigenvalue weighted by Gasteiger charge is -2.35. The molecular formula is C16H19N3O3. The summed E-state index contributed by atoms with van der Waals surface area (Å²) in [6.45, 7) is 1.60. The zero-order valence-electron chi connectivity index (χ0n) is 12.7. The van der Waals surface area contributed by atoms with Crippen LogP contribution in [-0.2, 0) is 11.8 Å². The molecular weight excluding hydrogens is 282 g/mol. The Morgan fingerprint density at radius 1 is 1.41 bits per heavy atom. The van der Waals surface area contributed by atoms with Gasteiger partial charge in [0.25, 0.3) is 5.91 Å². The fourth-order valence-corrected chi connectivity index (χ4v) is 2.69. The smallest absolute Gasteiger partial charge is 0.273 e. The predicted octanol–water partition coefficient (Wildman–Crippen LogP) is 1.64. The van der Waals surface area contributed by atoms with Crippen molar-refractivity contribution in [2.24, 2.45) is 7.05 Å². The van der Waals surface area contributed by atoms with E-state index in [-0.39, 0.29) is 11.9 Å². The number of aryl methyl sites for hydroxylation is 1. The molecule has 0 aromatic carbocycles. The van der Waals surface area contributed by atoms with Crippen LogP contribution in [-0.4, -0.2) is 47.2 Å². The average molecular weight is 301 g/mol. The molecule has 0 aliphatic carbocycles. The van der Waals surface area contributed by atoms with Crippen LogP contribution in [0, 0.1) is 0 Å². The van der Waals surface area contributed by atoms with E-state index in [0.29, 0.717) is 31.2 Å². The van der Waals surface area contributed by atoms with E-state index in [0.717, 1.165) is 5.69 Å². The molecule has 6 nitrogen and oxygen atoms in total. The maximum Gasteiger partial charge on any atom is 0.273 e. The lowest BCUT2D eigenvalue weighted by molar-refractivity contribution is -0.00494. The first-order chi connectivity index (χ1) is 10.7. The van der Waals surface area contributed by atoms with Crippen molar-refractivity contribution in [3.8, 4) is 5.75 Å². The molecule has 2 aromatic heterocycles. The highest BCUT2D eigenvalue weighted by Crippen LogP contribution is 2.26. The third-order valence-electron chi connectivity index (χ3n) is 3.91. The Morgan fingerprint density at radius 3 is 2.91 bits per heavy atom. The van der Waals surface area contributed by atoms with Crippen LogP contribution in [0.1, 0.15) is 22.2 Å². The summed E-state index contributed by atoms with van der Waals surface area (Å²) in [6, 6.07) is 7.33. The molecule has 3 heterocycles. The average Bonchev–Trinajstić information content (AvgIpc) is 3.00. The highest BCUT2D eigenvalue weighted by molar-refractivity contribution is 5.92. The van der Waals surface area contributed by atoms with E-state index in [4.69, 9.17) is 9.47 Å². The van der Waals surface area contributed by atoms with Gasteiger partial charge in [-0.05, 0) is 24.3 Å². The van der Waals surface area contributed by atoms with Crippen molar-refractivity contribution < 1.29 is 14.3 Å². The number of morpholine rings is 1. The minimum absolute atomic E-state index is 0.0860. The third-order valence-corrected chi connectivity index (χ3v) is 3.91. The Hall–Kier alpha value is -2.34. The van der Waals surface area contributed by atoms with Crippen LogP contribution >= 0.6 is 0 Å². The van der Waals surface area contributed by atoms with Crippen molar-refractivity contribution in [2.75, 3.05) is 26.9 Å². The Balaban J connectivity index is 1.86. The number of methoxy groups -OCH3 is 1. The summed E-state index contributed by atoms with van der Waals surface area (Å²) in [5.41, 5.74) is 1.48. The lowest BCUT2D eigenvalue weighted by Crippen LogP contribution is -2.44. The molecule has 1 fully saturated rings. The number of ether oxygens (including phenoxy) is 2. The molecule has 0 spiro atoms. The van der Waals surface area contributed by atoms with Crippen LogP contribution in [0.15, 0.2) is 36.7 Å². The SMILES string of the molecule is COc1ccc(C(=O)N2CCOCC2c2cccn2C)nc1.